The number of halogens is 1. The third kappa shape index (κ3) is 3.59. The van der Waals surface area contributed by atoms with Gasteiger partial charge < -0.3 is 10.2 Å². The molecule has 6 heteroatoms. The van der Waals surface area contributed by atoms with E-state index in [1.807, 2.05) is 11.8 Å². The van der Waals surface area contributed by atoms with Crippen molar-refractivity contribution in [1.82, 2.24) is 15.1 Å². The third-order valence-corrected chi connectivity index (χ3v) is 6.47. The van der Waals surface area contributed by atoms with Gasteiger partial charge in [-0.2, -0.15) is 0 Å². The van der Waals surface area contributed by atoms with Crippen LogP contribution < -0.4 is 5.32 Å². The van der Waals surface area contributed by atoms with Crippen molar-refractivity contribution in [3.63, 3.8) is 0 Å². The highest BCUT2D eigenvalue weighted by Crippen LogP contribution is 2.45. The molecule has 0 aromatic heterocycles. The molecule has 146 valence electrons. The first-order chi connectivity index (χ1) is 13.0. The van der Waals surface area contributed by atoms with E-state index in [0.717, 1.165) is 37.7 Å². The van der Waals surface area contributed by atoms with Gasteiger partial charge in [-0.3, -0.25) is 14.5 Å². The number of carbonyl (C=O) groups excluding carboxylic acids is 2. The molecule has 0 radical (unpaired) electrons. The summed E-state index contributed by atoms with van der Waals surface area (Å²) in [5.41, 5.74) is 0.449. The minimum Gasteiger partial charge on any atom is -0.352 e. The lowest BCUT2D eigenvalue weighted by atomic mass is 9.63. The molecule has 0 bridgehead atoms. The lowest BCUT2D eigenvalue weighted by molar-refractivity contribution is -0.143. The number of hydrogen-bond acceptors (Lipinski definition) is 3. The zero-order valence-corrected chi connectivity index (χ0v) is 15.9. The number of nitrogens with one attached hydrogen (secondary N) is 1. The number of piperazine rings is 1. The van der Waals surface area contributed by atoms with Gasteiger partial charge >= 0.3 is 0 Å². The van der Waals surface area contributed by atoms with Crippen LogP contribution in [0.25, 0.3) is 0 Å². The van der Waals surface area contributed by atoms with E-state index in [0.29, 0.717) is 32.2 Å². The summed E-state index contributed by atoms with van der Waals surface area (Å²) >= 11 is 0. The normalized spacial score (nSPS) is 23.4. The molecule has 3 aliphatic rings. The fraction of sp³-hybridized carbons (Fsp3) is 0.619. The smallest absolute Gasteiger partial charge is 0.237 e. The van der Waals surface area contributed by atoms with Crippen LogP contribution in [0.2, 0.25) is 0 Å². The molecule has 1 aromatic carbocycles. The number of amides is 2. The highest BCUT2D eigenvalue weighted by atomic mass is 19.1. The zero-order valence-electron chi connectivity index (χ0n) is 15.9. The maximum atomic E-state index is 13.3. The van der Waals surface area contributed by atoms with Crippen molar-refractivity contribution in [3.8, 4) is 0 Å². The van der Waals surface area contributed by atoms with Gasteiger partial charge in [-0.05, 0) is 50.3 Å². The van der Waals surface area contributed by atoms with Crippen LogP contribution in [0.5, 0.6) is 0 Å². The first-order valence-electron chi connectivity index (χ1n) is 10.1. The van der Waals surface area contributed by atoms with E-state index in [1.165, 1.54) is 12.1 Å². The first kappa shape index (κ1) is 18.4. The maximum absolute atomic E-state index is 13.3. The number of nitrogens with zero attached hydrogens (tertiary/aromatic N) is 2. The van der Waals surface area contributed by atoms with E-state index in [-0.39, 0.29) is 23.7 Å². The molecule has 1 aromatic rings. The second-order valence-corrected chi connectivity index (χ2v) is 8.23. The van der Waals surface area contributed by atoms with Gasteiger partial charge in [0.05, 0.1) is 11.5 Å². The Hall–Kier alpha value is -1.95. The molecular weight excluding hydrogens is 345 g/mol. The largest absolute Gasteiger partial charge is 0.352 e. The van der Waals surface area contributed by atoms with E-state index >= 15 is 0 Å². The zero-order chi connectivity index (χ0) is 19.0. The van der Waals surface area contributed by atoms with Gasteiger partial charge in [-0.15, -0.1) is 0 Å². The van der Waals surface area contributed by atoms with Crippen molar-refractivity contribution in [3.05, 3.63) is 35.6 Å². The van der Waals surface area contributed by atoms with Crippen molar-refractivity contribution >= 4 is 11.8 Å². The van der Waals surface area contributed by atoms with Gasteiger partial charge in [0, 0.05) is 32.2 Å². The lowest BCUT2D eigenvalue weighted by Crippen LogP contribution is -2.59. The van der Waals surface area contributed by atoms with Gasteiger partial charge in [0.1, 0.15) is 5.82 Å². The van der Waals surface area contributed by atoms with Crippen LogP contribution in [0, 0.1) is 5.82 Å². The Balaban J connectivity index is 1.37. The van der Waals surface area contributed by atoms with Crippen LogP contribution in [0.4, 0.5) is 4.39 Å². The summed E-state index contributed by atoms with van der Waals surface area (Å²) < 4.78 is 13.3. The number of rotatable bonds is 5. The Bertz CT molecular complexity index is 705. The van der Waals surface area contributed by atoms with E-state index in [9.17, 15) is 14.0 Å². The summed E-state index contributed by atoms with van der Waals surface area (Å²) in [6.45, 7) is 4.65. The molecule has 1 saturated heterocycles. The lowest BCUT2D eigenvalue weighted by Gasteiger charge is -2.46. The molecule has 2 aliphatic carbocycles. The highest BCUT2D eigenvalue weighted by Gasteiger charge is 2.48. The molecular formula is C21H28FN3O2. The van der Waals surface area contributed by atoms with Crippen molar-refractivity contribution in [1.29, 1.82) is 0 Å². The summed E-state index contributed by atoms with van der Waals surface area (Å²) in [7, 11) is 0. The molecule has 1 heterocycles. The summed E-state index contributed by atoms with van der Waals surface area (Å²) in [6.07, 6.45) is 4.87. The monoisotopic (exact) mass is 373 g/mol. The predicted octanol–water partition coefficient (Wildman–Crippen LogP) is 2.06. The van der Waals surface area contributed by atoms with Crippen LogP contribution in [-0.4, -0.2) is 59.9 Å². The fourth-order valence-corrected chi connectivity index (χ4v) is 4.26. The van der Waals surface area contributed by atoms with Crippen LogP contribution in [0.3, 0.4) is 0 Å². The topological polar surface area (TPSA) is 52.7 Å². The van der Waals surface area contributed by atoms with E-state index in [4.69, 9.17) is 0 Å². The standard InChI is InChI=1S/C21H28FN3O2/c1-15(19(26)23-18-7-8-18)24-11-13-25(14-12-24)20(27)21(9-2-10-21)16-3-5-17(22)6-4-16/h3-6,15,18H,2,7-14H2,1H3,(H,23,26). The summed E-state index contributed by atoms with van der Waals surface area (Å²) in [6, 6.07) is 6.62. The van der Waals surface area contributed by atoms with Crippen LogP contribution >= 0.6 is 0 Å². The Kier molecular flexibility index (Phi) is 4.93. The minimum absolute atomic E-state index is 0.0963. The highest BCUT2D eigenvalue weighted by molar-refractivity contribution is 5.89. The molecule has 4 rings (SSSR count). The SMILES string of the molecule is CC(C(=O)NC1CC1)N1CCN(C(=O)C2(c3ccc(F)cc3)CCC2)CC1. The van der Waals surface area contributed by atoms with Gasteiger partial charge in [0.15, 0.2) is 0 Å². The predicted molar refractivity (Wildman–Crippen MR) is 101 cm³/mol. The van der Waals surface area contributed by atoms with Crippen molar-refractivity contribution in [2.75, 3.05) is 26.2 Å². The van der Waals surface area contributed by atoms with E-state index in [2.05, 4.69) is 10.2 Å². The van der Waals surface area contributed by atoms with E-state index < -0.39 is 5.41 Å². The Morgan fingerprint density at radius 1 is 1.11 bits per heavy atom. The van der Waals surface area contributed by atoms with Gasteiger partial charge in [-0.1, -0.05) is 18.6 Å². The summed E-state index contributed by atoms with van der Waals surface area (Å²) in [5, 5.41) is 3.06. The molecule has 1 N–H and O–H groups in total. The third-order valence-electron chi connectivity index (χ3n) is 6.47. The first-order valence-corrected chi connectivity index (χ1v) is 10.1. The van der Waals surface area contributed by atoms with Crippen LogP contribution in [-0.2, 0) is 15.0 Å². The summed E-state index contributed by atoms with van der Waals surface area (Å²) in [5.74, 6) is -0.0121. The van der Waals surface area contributed by atoms with Gasteiger partial charge in [0.2, 0.25) is 11.8 Å². The average molecular weight is 373 g/mol. The second kappa shape index (κ2) is 7.23. The second-order valence-electron chi connectivity index (χ2n) is 8.23. The van der Waals surface area contributed by atoms with E-state index in [1.54, 1.807) is 12.1 Å². The van der Waals surface area contributed by atoms with Gasteiger partial charge in [0.25, 0.3) is 0 Å². The molecule has 2 amide bonds. The molecule has 3 fully saturated rings. The molecule has 2 saturated carbocycles. The summed E-state index contributed by atoms with van der Waals surface area (Å²) in [4.78, 5) is 29.7. The van der Waals surface area contributed by atoms with Crippen molar-refractivity contribution < 1.29 is 14.0 Å². The number of hydrogen-bond donors (Lipinski definition) is 1. The number of carbonyl (C=O) groups is 2. The van der Waals surface area contributed by atoms with Gasteiger partial charge in [-0.25, -0.2) is 4.39 Å². The maximum Gasteiger partial charge on any atom is 0.237 e. The fourth-order valence-electron chi connectivity index (χ4n) is 4.26. The molecule has 1 atom stereocenters. The molecule has 0 spiro atoms. The van der Waals surface area contributed by atoms with Crippen molar-refractivity contribution in [2.45, 2.75) is 56.5 Å². The molecule has 5 nitrogen and oxygen atoms in total. The molecule has 1 aliphatic heterocycles. The number of benzene rings is 1. The van der Waals surface area contributed by atoms with Crippen LogP contribution in [0.1, 0.15) is 44.6 Å². The Morgan fingerprint density at radius 2 is 1.74 bits per heavy atom. The average Bonchev–Trinajstić information content (AvgIpc) is 3.45. The Labute approximate surface area is 159 Å². The quantitative estimate of drug-likeness (QED) is 0.860. The van der Waals surface area contributed by atoms with Crippen LogP contribution in [0.15, 0.2) is 24.3 Å². The van der Waals surface area contributed by atoms with Crippen molar-refractivity contribution in [2.24, 2.45) is 0 Å². The minimum atomic E-state index is -0.481. The Morgan fingerprint density at radius 3 is 2.26 bits per heavy atom. The molecule has 1 unspecified atom stereocenters. The molecule has 27 heavy (non-hydrogen) atoms.